The molecule has 0 bridgehead atoms. The molecule has 0 aromatic heterocycles. The van der Waals surface area contributed by atoms with Gasteiger partial charge in [0.15, 0.2) is 0 Å². The highest BCUT2D eigenvalue weighted by Crippen LogP contribution is 2.10. The Bertz CT molecular complexity index is 375. The number of hydrogen-bond donors (Lipinski definition) is 1. The third-order valence-electron chi connectivity index (χ3n) is 3.87. The van der Waals surface area contributed by atoms with Gasteiger partial charge in [0.05, 0.1) is 0 Å². The van der Waals surface area contributed by atoms with E-state index < -0.39 is 0 Å². The molecule has 1 N–H and O–H groups in total. The Kier molecular flexibility index (Phi) is 6.70. The first-order valence-electron chi connectivity index (χ1n) is 7.85. The maximum Gasteiger partial charge on any atom is 0.0233 e. The second kappa shape index (κ2) is 7.80. The van der Waals surface area contributed by atoms with Crippen LogP contribution in [0, 0.1) is 0 Å². The summed E-state index contributed by atoms with van der Waals surface area (Å²) in [4.78, 5) is 2.41. The quantitative estimate of drug-likeness (QED) is 0.814. The molecule has 0 heterocycles. The Morgan fingerprint density at radius 3 is 2.15 bits per heavy atom. The van der Waals surface area contributed by atoms with E-state index >= 15 is 0 Å². The molecule has 0 amide bonds. The van der Waals surface area contributed by atoms with E-state index in [2.05, 4.69) is 76.1 Å². The SMILES string of the molecule is CCC(C)N(C)Cc1ccc(CCNC(C)(C)C)cc1. The van der Waals surface area contributed by atoms with Crippen LogP contribution in [0.1, 0.15) is 52.2 Å². The first kappa shape index (κ1) is 17.2. The Morgan fingerprint density at radius 2 is 1.65 bits per heavy atom. The zero-order chi connectivity index (χ0) is 15.2. The third kappa shape index (κ3) is 6.53. The monoisotopic (exact) mass is 276 g/mol. The van der Waals surface area contributed by atoms with E-state index in [1.807, 2.05) is 0 Å². The van der Waals surface area contributed by atoms with Gasteiger partial charge >= 0.3 is 0 Å². The van der Waals surface area contributed by atoms with Crippen LogP contribution in [0.2, 0.25) is 0 Å². The van der Waals surface area contributed by atoms with Gasteiger partial charge in [0.1, 0.15) is 0 Å². The Hall–Kier alpha value is -0.860. The average molecular weight is 276 g/mol. The largest absolute Gasteiger partial charge is 0.312 e. The van der Waals surface area contributed by atoms with Crippen LogP contribution >= 0.6 is 0 Å². The standard InChI is InChI=1S/C18H32N2/c1-7-15(2)20(6)14-17-10-8-16(9-11-17)12-13-19-18(3,4)5/h8-11,15,19H,7,12-14H2,1-6H3. The highest BCUT2D eigenvalue weighted by atomic mass is 15.1. The minimum Gasteiger partial charge on any atom is -0.312 e. The van der Waals surface area contributed by atoms with Crippen molar-refractivity contribution in [2.75, 3.05) is 13.6 Å². The summed E-state index contributed by atoms with van der Waals surface area (Å²) in [7, 11) is 2.20. The van der Waals surface area contributed by atoms with Crippen LogP contribution in [0.3, 0.4) is 0 Å². The van der Waals surface area contributed by atoms with Crippen molar-refractivity contribution in [2.24, 2.45) is 0 Å². The Balaban J connectivity index is 2.44. The molecule has 1 aromatic rings. The van der Waals surface area contributed by atoms with E-state index in [-0.39, 0.29) is 5.54 Å². The summed E-state index contributed by atoms with van der Waals surface area (Å²) >= 11 is 0. The van der Waals surface area contributed by atoms with Gasteiger partial charge < -0.3 is 5.32 Å². The zero-order valence-electron chi connectivity index (χ0n) is 14.2. The van der Waals surface area contributed by atoms with Gasteiger partial charge in [-0.25, -0.2) is 0 Å². The molecular weight excluding hydrogens is 244 g/mol. The zero-order valence-corrected chi connectivity index (χ0v) is 14.2. The van der Waals surface area contributed by atoms with Gasteiger partial charge in [0.2, 0.25) is 0 Å². The van der Waals surface area contributed by atoms with Crippen molar-refractivity contribution in [2.45, 2.75) is 65.6 Å². The summed E-state index contributed by atoms with van der Waals surface area (Å²) in [5, 5.41) is 3.53. The van der Waals surface area contributed by atoms with Crippen molar-refractivity contribution in [3.8, 4) is 0 Å². The molecule has 2 heteroatoms. The summed E-state index contributed by atoms with van der Waals surface area (Å²) in [6, 6.07) is 9.72. The fraction of sp³-hybridized carbons (Fsp3) is 0.667. The lowest BCUT2D eigenvalue weighted by Crippen LogP contribution is -2.37. The first-order chi connectivity index (χ1) is 9.31. The van der Waals surface area contributed by atoms with Gasteiger partial charge in [-0.15, -0.1) is 0 Å². The maximum absolute atomic E-state index is 3.53. The Morgan fingerprint density at radius 1 is 1.10 bits per heavy atom. The fourth-order valence-electron chi connectivity index (χ4n) is 2.15. The van der Waals surface area contributed by atoms with E-state index in [0.29, 0.717) is 6.04 Å². The summed E-state index contributed by atoms with van der Waals surface area (Å²) < 4.78 is 0. The van der Waals surface area contributed by atoms with Gasteiger partial charge in [-0.3, -0.25) is 4.90 Å². The normalized spacial score (nSPS) is 13.8. The maximum atomic E-state index is 3.53. The molecule has 0 saturated carbocycles. The molecule has 0 aliphatic carbocycles. The van der Waals surface area contributed by atoms with Crippen molar-refractivity contribution in [3.63, 3.8) is 0 Å². The lowest BCUT2D eigenvalue weighted by atomic mass is 10.1. The van der Waals surface area contributed by atoms with Gasteiger partial charge in [0, 0.05) is 18.1 Å². The van der Waals surface area contributed by atoms with E-state index in [1.54, 1.807) is 0 Å². The van der Waals surface area contributed by atoms with Crippen LogP contribution in [-0.4, -0.2) is 30.1 Å². The molecule has 0 radical (unpaired) electrons. The topological polar surface area (TPSA) is 15.3 Å². The van der Waals surface area contributed by atoms with E-state index in [1.165, 1.54) is 17.5 Å². The van der Waals surface area contributed by atoms with Crippen LogP contribution in [-0.2, 0) is 13.0 Å². The molecule has 0 spiro atoms. The number of benzene rings is 1. The molecule has 1 atom stereocenters. The molecule has 20 heavy (non-hydrogen) atoms. The molecule has 1 aromatic carbocycles. The first-order valence-corrected chi connectivity index (χ1v) is 7.85. The predicted molar refractivity (Wildman–Crippen MR) is 89.1 cm³/mol. The molecule has 114 valence electrons. The second-order valence-corrected chi connectivity index (χ2v) is 6.92. The van der Waals surface area contributed by atoms with Crippen LogP contribution in [0.25, 0.3) is 0 Å². The van der Waals surface area contributed by atoms with Crippen LogP contribution in [0.15, 0.2) is 24.3 Å². The van der Waals surface area contributed by atoms with E-state index in [4.69, 9.17) is 0 Å². The molecular formula is C18H32N2. The van der Waals surface area contributed by atoms with Crippen molar-refractivity contribution in [3.05, 3.63) is 35.4 Å². The summed E-state index contributed by atoms with van der Waals surface area (Å²) in [5.41, 5.74) is 3.02. The van der Waals surface area contributed by atoms with Gasteiger partial charge in [-0.2, -0.15) is 0 Å². The van der Waals surface area contributed by atoms with Gasteiger partial charge in [-0.05, 0) is 65.3 Å². The van der Waals surface area contributed by atoms with E-state index in [0.717, 1.165) is 19.5 Å². The fourth-order valence-corrected chi connectivity index (χ4v) is 2.15. The molecule has 0 saturated heterocycles. The van der Waals surface area contributed by atoms with Gasteiger partial charge in [0.25, 0.3) is 0 Å². The number of nitrogens with zero attached hydrogens (tertiary/aromatic N) is 1. The highest BCUT2D eigenvalue weighted by molar-refractivity contribution is 5.22. The van der Waals surface area contributed by atoms with Crippen molar-refractivity contribution >= 4 is 0 Å². The van der Waals surface area contributed by atoms with Crippen molar-refractivity contribution in [1.29, 1.82) is 0 Å². The van der Waals surface area contributed by atoms with Crippen molar-refractivity contribution < 1.29 is 0 Å². The third-order valence-corrected chi connectivity index (χ3v) is 3.87. The van der Waals surface area contributed by atoms with Crippen LogP contribution in [0.5, 0.6) is 0 Å². The summed E-state index contributed by atoms with van der Waals surface area (Å²) in [6.45, 7) is 13.2. The van der Waals surface area contributed by atoms with Gasteiger partial charge in [-0.1, -0.05) is 31.2 Å². The molecule has 0 aliphatic heterocycles. The minimum atomic E-state index is 0.207. The number of hydrogen-bond acceptors (Lipinski definition) is 2. The average Bonchev–Trinajstić information content (AvgIpc) is 2.38. The molecule has 1 unspecified atom stereocenters. The number of nitrogens with one attached hydrogen (secondary N) is 1. The highest BCUT2D eigenvalue weighted by Gasteiger charge is 2.08. The lowest BCUT2D eigenvalue weighted by Gasteiger charge is -2.23. The molecule has 0 aliphatic rings. The van der Waals surface area contributed by atoms with Crippen LogP contribution < -0.4 is 5.32 Å². The molecule has 2 nitrogen and oxygen atoms in total. The smallest absolute Gasteiger partial charge is 0.0233 e. The molecule has 1 rings (SSSR count). The summed E-state index contributed by atoms with van der Waals surface area (Å²) in [5.74, 6) is 0. The second-order valence-electron chi connectivity index (χ2n) is 6.92. The number of rotatable bonds is 7. The molecule has 0 fully saturated rings. The predicted octanol–water partition coefficient (Wildman–Crippen LogP) is 3.85. The van der Waals surface area contributed by atoms with Crippen LogP contribution in [0.4, 0.5) is 0 Å². The van der Waals surface area contributed by atoms with E-state index in [9.17, 15) is 0 Å². The Labute approximate surface area is 125 Å². The minimum absolute atomic E-state index is 0.207. The van der Waals surface area contributed by atoms with Crippen molar-refractivity contribution in [1.82, 2.24) is 10.2 Å². The summed E-state index contributed by atoms with van der Waals surface area (Å²) in [6.07, 6.45) is 2.30. The lowest BCUT2D eigenvalue weighted by molar-refractivity contribution is 0.244.